The predicted molar refractivity (Wildman–Crippen MR) is 37.4 cm³/mol. The molecule has 0 fully saturated rings. The molecular weight excluding hydrogens is 128 g/mol. The molecule has 0 aromatic rings. The molecule has 3 heteroatoms. The van der Waals surface area contributed by atoms with Gasteiger partial charge in [-0.3, -0.25) is 0 Å². The van der Waals surface area contributed by atoms with Crippen molar-refractivity contribution in [2.75, 3.05) is 0 Å². The van der Waals surface area contributed by atoms with Crippen LogP contribution in [0.25, 0.3) is 0 Å². The molecule has 3 nitrogen and oxygen atoms in total. The number of oxime groups is 1. The lowest BCUT2D eigenvalue weighted by Gasteiger charge is -1.92. The van der Waals surface area contributed by atoms with E-state index in [1.54, 1.807) is 0 Å². The highest BCUT2D eigenvalue weighted by molar-refractivity contribution is 5.85. The molecule has 0 aromatic carbocycles. The molecule has 0 amide bonds. The van der Waals surface area contributed by atoms with E-state index in [9.17, 15) is 0 Å². The fourth-order valence-corrected chi connectivity index (χ4v) is 0.932. The first-order valence-electron chi connectivity index (χ1n) is 3.48. The average Bonchev–Trinajstić information content (AvgIpc) is 2.37. The Kier molecular flexibility index (Phi) is 2.27. The molecule has 1 heterocycles. The number of nitriles is 1. The molecule has 0 aliphatic carbocycles. The van der Waals surface area contributed by atoms with Gasteiger partial charge in [0.25, 0.3) is 0 Å². The molecule has 1 atom stereocenters. The molecule has 0 saturated heterocycles. The smallest absolute Gasteiger partial charge is 0.217 e. The Morgan fingerprint density at radius 2 is 2.70 bits per heavy atom. The second-order valence-electron chi connectivity index (χ2n) is 2.33. The molecule has 0 N–H and O–H groups in total. The third kappa shape index (κ3) is 1.47. The van der Waals surface area contributed by atoms with Gasteiger partial charge in [-0.05, 0) is 6.42 Å². The molecule has 0 bridgehead atoms. The number of rotatable bonds is 2. The van der Waals surface area contributed by atoms with E-state index < -0.39 is 0 Å². The van der Waals surface area contributed by atoms with E-state index >= 15 is 0 Å². The number of hydrogen-bond acceptors (Lipinski definition) is 3. The molecule has 1 aliphatic rings. The maximum absolute atomic E-state index is 8.40. The van der Waals surface area contributed by atoms with Gasteiger partial charge in [-0.2, -0.15) is 5.26 Å². The fourth-order valence-electron chi connectivity index (χ4n) is 0.932. The summed E-state index contributed by atoms with van der Waals surface area (Å²) < 4.78 is 0. The zero-order valence-electron chi connectivity index (χ0n) is 6.00. The zero-order valence-corrected chi connectivity index (χ0v) is 6.00. The summed E-state index contributed by atoms with van der Waals surface area (Å²) in [6, 6.07) is 2.02. The van der Waals surface area contributed by atoms with Crippen LogP contribution < -0.4 is 0 Å². The van der Waals surface area contributed by atoms with Gasteiger partial charge in [-0.15, -0.1) is 0 Å². The van der Waals surface area contributed by atoms with Gasteiger partial charge in [0.15, 0.2) is 0 Å². The monoisotopic (exact) mass is 138 g/mol. The summed E-state index contributed by atoms with van der Waals surface area (Å²) in [5.41, 5.74) is 1.02. The van der Waals surface area contributed by atoms with E-state index in [-0.39, 0.29) is 6.10 Å². The van der Waals surface area contributed by atoms with Gasteiger partial charge < -0.3 is 4.84 Å². The van der Waals surface area contributed by atoms with E-state index in [4.69, 9.17) is 10.1 Å². The lowest BCUT2D eigenvalue weighted by Crippen LogP contribution is -2.03. The maximum atomic E-state index is 8.40. The van der Waals surface area contributed by atoms with Crippen LogP contribution in [0.4, 0.5) is 0 Å². The zero-order chi connectivity index (χ0) is 7.40. The van der Waals surface area contributed by atoms with Crippen LogP contribution in [0, 0.1) is 11.3 Å². The van der Waals surface area contributed by atoms with Gasteiger partial charge in [0, 0.05) is 6.42 Å². The van der Waals surface area contributed by atoms with Crippen molar-refractivity contribution in [3.63, 3.8) is 0 Å². The van der Waals surface area contributed by atoms with Gasteiger partial charge in [0.2, 0.25) is 6.10 Å². The van der Waals surface area contributed by atoms with Crippen LogP contribution in [0.2, 0.25) is 0 Å². The molecule has 0 saturated carbocycles. The third-order valence-corrected chi connectivity index (χ3v) is 1.41. The predicted octanol–water partition coefficient (Wildman–Crippen LogP) is 1.45. The fraction of sp³-hybridized carbons (Fsp3) is 0.714. The highest BCUT2D eigenvalue weighted by Crippen LogP contribution is 2.12. The summed E-state index contributed by atoms with van der Waals surface area (Å²) in [5, 5.41) is 12.2. The summed E-state index contributed by atoms with van der Waals surface area (Å²) in [7, 11) is 0. The molecule has 0 aromatic heterocycles. The van der Waals surface area contributed by atoms with Crippen LogP contribution in [0.5, 0.6) is 0 Å². The minimum absolute atomic E-state index is 0.318. The minimum atomic E-state index is -0.318. The Bertz CT molecular complexity index is 181. The Morgan fingerprint density at radius 1 is 1.90 bits per heavy atom. The molecular formula is C7H10N2O. The van der Waals surface area contributed by atoms with Crippen LogP contribution in [-0.2, 0) is 4.84 Å². The summed E-state index contributed by atoms with van der Waals surface area (Å²) in [6.45, 7) is 2.09. The maximum Gasteiger partial charge on any atom is 0.217 e. The molecule has 1 aliphatic heterocycles. The van der Waals surface area contributed by atoms with E-state index in [1.807, 2.05) is 6.07 Å². The van der Waals surface area contributed by atoms with E-state index in [0.717, 1.165) is 18.6 Å². The van der Waals surface area contributed by atoms with Crippen molar-refractivity contribution in [2.45, 2.75) is 32.3 Å². The topological polar surface area (TPSA) is 45.4 Å². The Morgan fingerprint density at radius 3 is 3.20 bits per heavy atom. The summed E-state index contributed by atoms with van der Waals surface area (Å²) in [6.07, 6.45) is 2.41. The van der Waals surface area contributed by atoms with Crippen molar-refractivity contribution in [1.82, 2.24) is 0 Å². The van der Waals surface area contributed by atoms with Gasteiger partial charge in [-0.25, -0.2) is 0 Å². The van der Waals surface area contributed by atoms with E-state index in [2.05, 4.69) is 12.1 Å². The SMILES string of the molecule is CCCC1=NO[C@@H](C#N)C1. The van der Waals surface area contributed by atoms with Gasteiger partial charge in [0.1, 0.15) is 6.07 Å². The normalized spacial score (nSPS) is 23.2. The van der Waals surface area contributed by atoms with E-state index in [0.29, 0.717) is 6.42 Å². The van der Waals surface area contributed by atoms with Crippen LogP contribution in [-0.4, -0.2) is 11.8 Å². The van der Waals surface area contributed by atoms with Crippen molar-refractivity contribution in [3.05, 3.63) is 0 Å². The van der Waals surface area contributed by atoms with E-state index in [1.165, 1.54) is 0 Å². The molecule has 54 valence electrons. The number of nitrogens with zero attached hydrogens (tertiary/aromatic N) is 2. The van der Waals surface area contributed by atoms with Crippen LogP contribution in [0.1, 0.15) is 26.2 Å². The minimum Gasteiger partial charge on any atom is -0.377 e. The Balaban J connectivity index is 2.34. The molecule has 1 rings (SSSR count). The van der Waals surface area contributed by atoms with Gasteiger partial charge >= 0.3 is 0 Å². The highest BCUT2D eigenvalue weighted by Gasteiger charge is 2.18. The van der Waals surface area contributed by atoms with Gasteiger partial charge in [-0.1, -0.05) is 18.5 Å². The second-order valence-corrected chi connectivity index (χ2v) is 2.33. The first-order valence-corrected chi connectivity index (χ1v) is 3.48. The quantitative estimate of drug-likeness (QED) is 0.579. The lowest BCUT2D eigenvalue weighted by atomic mass is 10.1. The largest absolute Gasteiger partial charge is 0.377 e. The molecule has 0 radical (unpaired) electrons. The Hall–Kier alpha value is -1.04. The number of hydrogen-bond donors (Lipinski definition) is 0. The second kappa shape index (κ2) is 3.21. The van der Waals surface area contributed by atoms with Crippen molar-refractivity contribution in [1.29, 1.82) is 5.26 Å². The van der Waals surface area contributed by atoms with Crippen LogP contribution in [0.15, 0.2) is 5.16 Å². The molecule has 0 unspecified atom stereocenters. The summed E-state index contributed by atoms with van der Waals surface area (Å²) in [5.74, 6) is 0. The standard InChI is InChI=1S/C7H10N2O/c1-2-3-6-4-7(5-8)10-9-6/h7H,2-4H2,1H3/t7-/m1/s1. The van der Waals surface area contributed by atoms with Crippen molar-refractivity contribution >= 4 is 5.71 Å². The van der Waals surface area contributed by atoms with Gasteiger partial charge in [0.05, 0.1) is 5.71 Å². The summed E-state index contributed by atoms with van der Waals surface area (Å²) >= 11 is 0. The molecule has 10 heavy (non-hydrogen) atoms. The highest BCUT2D eigenvalue weighted by atomic mass is 16.6. The Labute approximate surface area is 60.3 Å². The van der Waals surface area contributed by atoms with Crippen LogP contribution >= 0.6 is 0 Å². The van der Waals surface area contributed by atoms with Crippen LogP contribution in [0.3, 0.4) is 0 Å². The average molecular weight is 138 g/mol. The van der Waals surface area contributed by atoms with Crippen molar-refractivity contribution < 1.29 is 4.84 Å². The molecule has 0 spiro atoms. The lowest BCUT2D eigenvalue weighted by molar-refractivity contribution is 0.125. The summed E-state index contributed by atoms with van der Waals surface area (Å²) in [4.78, 5) is 4.79. The first-order chi connectivity index (χ1) is 4.86. The van der Waals surface area contributed by atoms with Crippen molar-refractivity contribution in [3.8, 4) is 6.07 Å². The third-order valence-electron chi connectivity index (χ3n) is 1.41. The van der Waals surface area contributed by atoms with Crippen molar-refractivity contribution in [2.24, 2.45) is 5.16 Å². The first kappa shape index (κ1) is 7.07.